The Morgan fingerprint density at radius 3 is 2.42 bits per heavy atom. The number of amides is 1. The average molecular weight is 382 g/mol. The molecule has 1 heterocycles. The molecule has 146 valence electrons. The normalized spacial score (nSPS) is 17.3. The summed E-state index contributed by atoms with van der Waals surface area (Å²) in [5, 5.41) is 2.97. The van der Waals surface area contributed by atoms with Crippen LogP contribution in [0.15, 0.2) is 18.2 Å². The molecule has 0 aliphatic carbocycles. The van der Waals surface area contributed by atoms with Gasteiger partial charge in [0.05, 0.1) is 11.9 Å². The molecule has 6 nitrogen and oxygen atoms in total. The van der Waals surface area contributed by atoms with Crippen molar-refractivity contribution in [3.05, 3.63) is 29.3 Å². The van der Waals surface area contributed by atoms with Crippen molar-refractivity contribution in [2.24, 2.45) is 0 Å². The monoisotopic (exact) mass is 381 g/mol. The molecule has 1 aromatic rings. The Morgan fingerprint density at radius 2 is 1.88 bits per heavy atom. The van der Waals surface area contributed by atoms with E-state index < -0.39 is 10.0 Å². The Labute approximate surface area is 157 Å². The zero-order valence-electron chi connectivity index (χ0n) is 16.6. The van der Waals surface area contributed by atoms with Gasteiger partial charge in [0, 0.05) is 36.8 Å². The van der Waals surface area contributed by atoms with Crippen LogP contribution in [0.3, 0.4) is 0 Å². The molecule has 1 aliphatic heterocycles. The van der Waals surface area contributed by atoms with E-state index in [9.17, 15) is 13.2 Å². The quantitative estimate of drug-likeness (QED) is 0.786. The Balaban J connectivity index is 2.05. The van der Waals surface area contributed by atoms with E-state index in [1.807, 2.05) is 13.0 Å². The zero-order valence-corrected chi connectivity index (χ0v) is 17.4. The van der Waals surface area contributed by atoms with E-state index in [0.29, 0.717) is 36.3 Å². The number of nitrogens with zero attached hydrogens (tertiary/aromatic N) is 2. The summed E-state index contributed by atoms with van der Waals surface area (Å²) in [4.78, 5) is 14.8. The molecular weight excluding hydrogens is 350 g/mol. The number of hydrogen-bond acceptors (Lipinski definition) is 4. The van der Waals surface area contributed by atoms with Gasteiger partial charge in [-0.3, -0.25) is 14.0 Å². The summed E-state index contributed by atoms with van der Waals surface area (Å²) in [7, 11) is -3.31. The summed E-state index contributed by atoms with van der Waals surface area (Å²) >= 11 is 0. The van der Waals surface area contributed by atoms with Crippen molar-refractivity contribution in [3.8, 4) is 0 Å². The Kier molecular flexibility index (Phi) is 6.34. The highest BCUT2D eigenvalue weighted by Crippen LogP contribution is 2.34. The lowest BCUT2D eigenvalue weighted by atomic mass is 10.1. The number of hydrogen-bond donors (Lipinski definition) is 1. The standard InChI is InChI=1S/C19H31N3O3S/c1-13(2)21(14(3)4)10-9-20-19(23)16-7-8-18-17(12-16)11-15(5)22(18)26(6,24)25/h7-8,12-15H,9-11H2,1-6H3,(H,20,23). The third kappa shape index (κ3) is 4.57. The van der Waals surface area contributed by atoms with Gasteiger partial charge < -0.3 is 5.32 Å². The highest BCUT2D eigenvalue weighted by atomic mass is 32.2. The molecule has 7 heteroatoms. The number of carbonyl (C=O) groups excluding carboxylic acids is 1. The molecule has 1 aromatic carbocycles. The molecule has 2 rings (SSSR count). The minimum Gasteiger partial charge on any atom is -0.351 e. The molecule has 0 fully saturated rings. The number of fused-ring (bicyclic) bond motifs is 1. The van der Waals surface area contributed by atoms with Gasteiger partial charge in [-0.1, -0.05) is 0 Å². The van der Waals surface area contributed by atoms with E-state index in [1.165, 1.54) is 10.6 Å². The maximum Gasteiger partial charge on any atom is 0.251 e. The van der Waals surface area contributed by atoms with Crippen molar-refractivity contribution in [1.29, 1.82) is 0 Å². The van der Waals surface area contributed by atoms with Crippen LogP contribution in [0.5, 0.6) is 0 Å². The second kappa shape index (κ2) is 7.96. The van der Waals surface area contributed by atoms with E-state index in [1.54, 1.807) is 12.1 Å². The molecule has 26 heavy (non-hydrogen) atoms. The fourth-order valence-corrected chi connectivity index (χ4v) is 5.03. The maximum atomic E-state index is 12.5. The first kappa shape index (κ1) is 20.7. The minimum absolute atomic E-state index is 0.120. The van der Waals surface area contributed by atoms with Crippen LogP contribution in [-0.2, 0) is 16.4 Å². The van der Waals surface area contributed by atoms with E-state index in [0.717, 1.165) is 12.1 Å². The molecule has 1 N–H and O–H groups in total. The van der Waals surface area contributed by atoms with Crippen LogP contribution in [0, 0.1) is 0 Å². The van der Waals surface area contributed by atoms with Gasteiger partial charge in [-0.05, 0) is 64.8 Å². The van der Waals surface area contributed by atoms with Crippen LogP contribution in [0.25, 0.3) is 0 Å². The van der Waals surface area contributed by atoms with Crippen molar-refractivity contribution < 1.29 is 13.2 Å². The summed E-state index contributed by atoms with van der Waals surface area (Å²) in [5.41, 5.74) is 2.16. The second-order valence-electron chi connectivity index (χ2n) is 7.64. The van der Waals surface area contributed by atoms with Crippen LogP contribution in [0.1, 0.15) is 50.5 Å². The largest absolute Gasteiger partial charge is 0.351 e. The molecule has 0 radical (unpaired) electrons. The highest BCUT2D eigenvalue weighted by Gasteiger charge is 2.32. The van der Waals surface area contributed by atoms with Crippen molar-refractivity contribution in [2.45, 2.75) is 59.2 Å². The van der Waals surface area contributed by atoms with Crippen molar-refractivity contribution in [3.63, 3.8) is 0 Å². The van der Waals surface area contributed by atoms with Gasteiger partial charge in [0.2, 0.25) is 10.0 Å². The van der Waals surface area contributed by atoms with Crippen molar-refractivity contribution >= 4 is 21.6 Å². The molecule has 0 aromatic heterocycles. The summed E-state index contributed by atoms with van der Waals surface area (Å²) in [6.45, 7) is 11.9. The van der Waals surface area contributed by atoms with Gasteiger partial charge in [-0.2, -0.15) is 0 Å². The number of anilines is 1. The van der Waals surface area contributed by atoms with Gasteiger partial charge >= 0.3 is 0 Å². The number of benzene rings is 1. The van der Waals surface area contributed by atoms with Gasteiger partial charge in [0.1, 0.15) is 0 Å². The number of rotatable bonds is 7. The predicted molar refractivity (Wildman–Crippen MR) is 106 cm³/mol. The third-order valence-electron chi connectivity index (χ3n) is 4.83. The summed E-state index contributed by atoms with van der Waals surface area (Å²) in [5.74, 6) is -0.120. The zero-order chi connectivity index (χ0) is 19.6. The molecule has 0 saturated carbocycles. The lowest BCUT2D eigenvalue weighted by molar-refractivity contribution is 0.0939. The van der Waals surface area contributed by atoms with Crippen LogP contribution >= 0.6 is 0 Å². The smallest absolute Gasteiger partial charge is 0.251 e. The van der Waals surface area contributed by atoms with Gasteiger partial charge in [-0.15, -0.1) is 0 Å². The molecule has 0 saturated heterocycles. The molecule has 1 amide bonds. The van der Waals surface area contributed by atoms with Crippen LogP contribution in [0.4, 0.5) is 5.69 Å². The number of nitrogens with one attached hydrogen (secondary N) is 1. The summed E-state index contributed by atoms with van der Waals surface area (Å²) in [6.07, 6.45) is 1.84. The molecular formula is C19H31N3O3S. The third-order valence-corrected chi connectivity index (χ3v) is 6.11. The lowest BCUT2D eigenvalue weighted by Gasteiger charge is -2.30. The second-order valence-corrected chi connectivity index (χ2v) is 9.50. The SMILES string of the molecule is CC(C)N(CCNC(=O)c1ccc2c(c1)CC(C)N2S(C)(=O)=O)C(C)C. The van der Waals surface area contributed by atoms with Gasteiger partial charge in [0.25, 0.3) is 5.91 Å². The molecule has 1 aliphatic rings. The first-order chi connectivity index (χ1) is 12.0. The fraction of sp³-hybridized carbons (Fsp3) is 0.632. The van der Waals surface area contributed by atoms with Gasteiger partial charge in [0.15, 0.2) is 0 Å². The Hall–Kier alpha value is -1.60. The number of carbonyl (C=O) groups is 1. The van der Waals surface area contributed by atoms with Gasteiger partial charge in [-0.25, -0.2) is 8.42 Å². The van der Waals surface area contributed by atoms with E-state index in [-0.39, 0.29) is 11.9 Å². The Morgan fingerprint density at radius 1 is 1.27 bits per heavy atom. The summed E-state index contributed by atoms with van der Waals surface area (Å²) in [6, 6.07) is 5.99. The van der Waals surface area contributed by atoms with E-state index in [2.05, 4.69) is 37.9 Å². The van der Waals surface area contributed by atoms with Crippen molar-refractivity contribution in [2.75, 3.05) is 23.7 Å². The first-order valence-corrected chi connectivity index (χ1v) is 11.0. The minimum atomic E-state index is -3.31. The topological polar surface area (TPSA) is 69.7 Å². The highest BCUT2D eigenvalue weighted by molar-refractivity contribution is 7.92. The Bertz CT molecular complexity index is 751. The fourth-order valence-electron chi connectivity index (χ4n) is 3.76. The van der Waals surface area contributed by atoms with E-state index >= 15 is 0 Å². The van der Waals surface area contributed by atoms with E-state index in [4.69, 9.17) is 0 Å². The molecule has 0 bridgehead atoms. The lowest BCUT2D eigenvalue weighted by Crippen LogP contribution is -2.42. The average Bonchev–Trinajstić information content (AvgIpc) is 2.85. The maximum absolute atomic E-state index is 12.5. The predicted octanol–water partition coefficient (Wildman–Crippen LogP) is 2.25. The molecule has 1 unspecified atom stereocenters. The molecule has 1 atom stereocenters. The van der Waals surface area contributed by atoms with Crippen LogP contribution < -0.4 is 9.62 Å². The van der Waals surface area contributed by atoms with Crippen molar-refractivity contribution in [1.82, 2.24) is 10.2 Å². The van der Waals surface area contributed by atoms with Crippen LogP contribution in [0.2, 0.25) is 0 Å². The van der Waals surface area contributed by atoms with Crippen LogP contribution in [-0.4, -0.2) is 56.7 Å². The molecule has 0 spiro atoms. The first-order valence-electron chi connectivity index (χ1n) is 9.18. The number of sulfonamides is 1. The summed E-state index contributed by atoms with van der Waals surface area (Å²) < 4.78 is 25.4.